The van der Waals surface area contributed by atoms with E-state index in [1.807, 2.05) is 12.1 Å². The van der Waals surface area contributed by atoms with E-state index in [2.05, 4.69) is 0 Å². The molecule has 2 heterocycles. The molecular weight excluding hydrogens is 278 g/mol. The molecule has 2 aromatic rings. The first-order chi connectivity index (χ1) is 10.7. The fourth-order valence-electron chi connectivity index (χ4n) is 3.43. The van der Waals surface area contributed by atoms with Gasteiger partial charge in [0.25, 0.3) is 5.91 Å². The molecule has 1 saturated carbocycles. The highest BCUT2D eigenvalue weighted by Gasteiger charge is 2.68. The molecule has 2 amide bonds. The van der Waals surface area contributed by atoms with E-state index in [0.717, 1.165) is 0 Å². The van der Waals surface area contributed by atoms with Crippen LogP contribution in [0.3, 0.4) is 0 Å². The van der Waals surface area contributed by atoms with Crippen LogP contribution < -0.4 is 4.90 Å². The summed E-state index contributed by atoms with van der Waals surface area (Å²) in [6, 6.07) is 17.8. The van der Waals surface area contributed by atoms with Gasteiger partial charge < -0.3 is 0 Å². The molecule has 2 aliphatic heterocycles. The maximum absolute atomic E-state index is 13.0. The summed E-state index contributed by atoms with van der Waals surface area (Å²) in [6.45, 7) is 0. The number of Topliss-reactive ketones (excluding diaryl/α,β-unsaturated/α-hetero) is 1. The van der Waals surface area contributed by atoms with Crippen molar-refractivity contribution in [1.29, 1.82) is 0 Å². The van der Waals surface area contributed by atoms with Gasteiger partial charge in [0.1, 0.15) is 11.3 Å². The van der Waals surface area contributed by atoms with Crippen molar-refractivity contribution in [2.24, 2.45) is 5.92 Å². The molecule has 2 atom stereocenters. The van der Waals surface area contributed by atoms with Crippen LogP contribution in [-0.2, 0) is 19.8 Å². The molecule has 4 nitrogen and oxygen atoms in total. The zero-order chi connectivity index (χ0) is 15.3. The number of hydrogen-bond acceptors (Lipinski definition) is 3. The van der Waals surface area contributed by atoms with Gasteiger partial charge in [-0.15, -0.1) is 0 Å². The van der Waals surface area contributed by atoms with Crippen molar-refractivity contribution in [3.05, 3.63) is 66.2 Å². The molecule has 0 N–H and O–H groups in total. The van der Waals surface area contributed by atoms with E-state index in [-0.39, 0.29) is 12.2 Å². The minimum atomic E-state index is -1.18. The fourth-order valence-corrected chi connectivity index (χ4v) is 3.43. The molecule has 2 bridgehead atoms. The van der Waals surface area contributed by atoms with Crippen LogP contribution in [0.1, 0.15) is 12.0 Å². The molecule has 0 radical (unpaired) electrons. The molecule has 3 fully saturated rings. The SMILES string of the molecule is O=C1C2CC(c3ccccc3)(C2=O)C(=O)N1c1ccccc1. The molecule has 0 spiro atoms. The van der Waals surface area contributed by atoms with E-state index in [0.29, 0.717) is 11.3 Å². The van der Waals surface area contributed by atoms with Crippen molar-refractivity contribution in [2.45, 2.75) is 11.8 Å². The lowest BCUT2D eigenvalue weighted by Gasteiger charge is -2.51. The minimum absolute atomic E-state index is 0.263. The van der Waals surface area contributed by atoms with Gasteiger partial charge in [-0.3, -0.25) is 14.4 Å². The number of carbonyl (C=O) groups excluding carboxylic acids is 3. The Labute approximate surface area is 127 Å². The highest BCUT2D eigenvalue weighted by atomic mass is 16.2. The summed E-state index contributed by atoms with van der Waals surface area (Å²) in [6.07, 6.45) is 0.289. The van der Waals surface area contributed by atoms with Crippen LogP contribution >= 0.6 is 0 Å². The Morgan fingerprint density at radius 1 is 0.864 bits per heavy atom. The first-order valence-corrected chi connectivity index (χ1v) is 7.19. The number of para-hydroxylation sites is 1. The van der Waals surface area contributed by atoms with E-state index in [1.165, 1.54) is 4.90 Å². The number of anilines is 1. The largest absolute Gasteiger partial charge is 0.297 e. The van der Waals surface area contributed by atoms with Crippen molar-refractivity contribution >= 4 is 23.3 Å². The van der Waals surface area contributed by atoms with Crippen LogP contribution in [0.5, 0.6) is 0 Å². The number of benzene rings is 2. The Hall–Kier alpha value is -2.75. The maximum Gasteiger partial charge on any atom is 0.252 e. The van der Waals surface area contributed by atoms with E-state index in [9.17, 15) is 14.4 Å². The lowest BCUT2D eigenvalue weighted by Crippen LogP contribution is -2.72. The summed E-state index contributed by atoms with van der Waals surface area (Å²) in [4.78, 5) is 39.1. The van der Waals surface area contributed by atoms with Gasteiger partial charge in [-0.1, -0.05) is 48.5 Å². The summed E-state index contributed by atoms with van der Waals surface area (Å²) in [7, 11) is 0. The number of hydrogen-bond donors (Lipinski definition) is 0. The maximum atomic E-state index is 13.0. The van der Waals surface area contributed by atoms with Gasteiger partial charge in [0.05, 0.1) is 5.69 Å². The minimum Gasteiger partial charge on any atom is -0.297 e. The molecule has 108 valence electrons. The highest BCUT2D eigenvalue weighted by molar-refractivity contribution is 6.39. The van der Waals surface area contributed by atoms with Crippen LogP contribution in [0, 0.1) is 5.92 Å². The molecule has 4 heteroatoms. The van der Waals surface area contributed by atoms with Crippen molar-refractivity contribution < 1.29 is 14.4 Å². The first-order valence-electron chi connectivity index (χ1n) is 7.19. The van der Waals surface area contributed by atoms with Crippen LogP contribution in [0.4, 0.5) is 5.69 Å². The second-order valence-corrected chi connectivity index (χ2v) is 5.71. The fraction of sp³-hybridized carbons (Fsp3) is 0.167. The predicted molar refractivity (Wildman–Crippen MR) is 80.2 cm³/mol. The highest BCUT2D eigenvalue weighted by Crippen LogP contribution is 2.51. The first kappa shape index (κ1) is 13.0. The van der Waals surface area contributed by atoms with Crippen LogP contribution in [0.2, 0.25) is 0 Å². The third-order valence-corrected chi connectivity index (χ3v) is 4.62. The summed E-state index contributed by atoms with van der Waals surface area (Å²) in [5, 5.41) is 0. The average Bonchev–Trinajstić information content (AvgIpc) is 2.55. The number of imide groups is 1. The monoisotopic (exact) mass is 291 g/mol. The van der Waals surface area contributed by atoms with Gasteiger partial charge in [0.15, 0.2) is 5.78 Å². The lowest BCUT2D eigenvalue weighted by molar-refractivity contribution is -0.158. The van der Waals surface area contributed by atoms with E-state index in [1.54, 1.807) is 48.5 Å². The quantitative estimate of drug-likeness (QED) is 0.629. The topological polar surface area (TPSA) is 54.5 Å². The van der Waals surface area contributed by atoms with Crippen LogP contribution in [-0.4, -0.2) is 17.6 Å². The van der Waals surface area contributed by atoms with Crippen molar-refractivity contribution in [2.75, 3.05) is 4.90 Å². The van der Waals surface area contributed by atoms with Gasteiger partial charge in [0.2, 0.25) is 5.91 Å². The molecule has 22 heavy (non-hydrogen) atoms. The Morgan fingerprint density at radius 2 is 1.45 bits per heavy atom. The molecule has 5 rings (SSSR count). The molecule has 0 aromatic heterocycles. The molecular formula is C18H13NO3. The lowest BCUT2D eigenvalue weighted by atomic mass is 9.53. The van der Waals surface area contributed by atoms with Crippen molar-refractivity contribution in [3.63, 3.8) is 0 Å². The standard InChI is InChI=1S/C18H13NO3/c20-15-14-11-18(15,12-7-3-1-4-8-12)17(22)19(16(14)21)13-9-5-2-6-10-13/h1-10,14H,11H2. The Morgan fingerprint density at radius 3 is 2.05 bits per heavy atom. The summed E-state index contributed by atoms with van der Waals surface area (Å²) >= 11 is 0. The molecule has 3 aliphatic rings. The van der Waals surface area contributed by atoms with Gasteiger partial charge in [0, 0.05) is 0 Å². The number of carbonyl (C=O) groups is 3. The van der Waals surface area contributed by atoms with E-state index < -0.39 is 23.1 Å². The number of piperidine rings is 2. The molecule has 1 aliphatic carbocycles. The Balaban J connectivity index is 1.84. The normalized spacial score (nSPS) is 26.8. The van der Waals surface area contributed by atoms with Gasteiger partial charge in [-0.25, -0.2) is 4.90 Å². The zero-order valence-corrected chi connectivity index (χ0v) is 11.7. The third-order valence-electron chi connectivity index (χ3n) is 4.62. The number of nitrogens with zero attached hydrogens (tertiary/aromatic N) is 1. The molecule has 2 aromatic carbocycles. The smallest absolute Gasteiger partial charge is 0.252 e. The number of ketones is 1. The molecule has 2 saturated heterocycles. The summed E-state index contributed by atoms with van der Waals surface area (Å²) < 4.78 is 0. The summed E-state index contributed by atoms with van der Waals surface area (Å²) in [5.74, 6) is -1.79. The number of amides is 2. The number of rotatable bonds is 2. The van der Waals surface area contributed by atoms with Crippen molar-refractivity contribution in [3.8, 4) is 0 Å². The van der Waals surface area contributed by atoms with E-state index >= 15 is 0 Å². The van der Waals surface area contributed by atoms with Gasteiger partial charge in [-0.05, 0) is 24.1 Å². The second-order valence-electron chi connectivity index (χ2n) is 5.71. The van der Waals surface area contributed by atoms with Crippen molar-refractivity contribution in [1.82, 2.24) is 0 Å². The second kappa shape index (κ2) is 4.37. The van der Waals surface area contributed by atoms with Crippen LogP contribution in [0.15, 0.2) is 60.7 Å². The van der Waals surface area contributed by atoms with Crippen LogP contribution in [0.25, 0.3) is 0 Å². The number of fused-ring (bicyclic) bond motifs is 2. The van der Waals surface area contributed by atoms with E-state index in [4.69, 9.17) is 0 Å². The predicted octanol–water partition coefficient (Wildman–Crippen LogP) is 2.09. The van der Waals surface area contributed by atoms with Gasteiger partial charge in [-0.2, -0.15) is 0 Å². The Kier molecular flexibility index (Phi) is 2.57. The third kappa shape index (κ3) is 1.44. The summed E-state index contributed by atoms with van der Waals surface area (Å²) in [5.41, 5.74) is 0.0139. The van der Waals surface area contributed by atoms with Gasteiger partial charge >= 0.3 is 0 Å². The Bertz CT molecular complexity index is 776. The average molecular weight is 291 g/mol. The zero-order valence-electron chi connectivity index (χ0n) is 11.7. The molecule has 2 unspecified atom stereocenters.